The molecule has 1 atom stereocenters. The Morgan fingerprint density at radius 2 is 0.938 bits per heavy atom. The van der Waals surface area contributed by atoms with Gasteiger partial charge in [-0.25, -0.2) is 4.99 Å². The van der Waals surface area contributed by atoms with Crippen molar-refractivity contribution in [3.05, 3.63) is 228 Å². The third kappa shape index (κ3) is 4.24. The Bertz CT molecular complexity index is 3980. The largest absolute Gasteiger partial charge is 0.456 e. The molecule has 2 aliphatic carbocycles. The fourth-order valence-corrected chi connectivity index (χ4v) is 11.7. The Hall–Kier alpha value is -8.48. The average molecular weight is 818 g/mol. The van der Waals surface area contributed by atoms with Crippen LogP contribution in [-0.4, -0.2) is 21.1 Å². The standard InChI is InChI=1S/C58H35N5O/c1-8-25-45-34(16-1)35-17-2-9-26-46(35)58(45)47-27-10-3-18-36(47)43-32-44-39-21-6-13-30-51(39)63(52(44)33-48(43)58)57-60-55(42-24-15-23-41-40-22-7-14-31-53(40)64-54(41)42)59-56(61-57)62-49-28-11-4-19-37(49)38-20-5-12-29-50(38)62/h1-33,55H,(H,59,60,61). The van der Waals surface area contributed by atoms with Crippen molar-refractivity contribution in [1.29, 1.82) is 0 Å². The van der Waals surface area contributed by atoms with E-state index in [9.17, 15) is 0 Å². The molecule has 3 aromatic heterocycles. The zero-order valence-electron chi connectivity index (χ0n) is 34.3. The van der Waals surface area contributed by atoms with Gasteiger partial charge >= 0.3 is 0 Å². The van der Waals surface area contributed by atoms with Crippen LogP contribution in [-0.2, 0) is 5.41 Å². The number of hydrogen-bond donors (Lipinski definition) is 1. The van der Waals surface area contributed by atoms with Crippen molar-refractivity contribution in [2.75, 3.05) is 0 Å². The summed E-state index contributed by atoms with van der Waals surface area (Å²) in [6.45, 7) is 0. The molecule has 15 rings (SSSR count). The zero-order chi connectivity index (χ0) is 41.7. The van der Waals surface area contributed by atoms with E-state index in [1.807, 2.05) is 12.1 Å². The van der Waals surface area contributed by atoms with Crippen molar-refractivity contribution in [2.45, 2.75) is 11.6 Å². The Morgan fingerprint density at radius 1 is 0.422 bits per heavy atom. The third-order valence-corrected chi connectivity index (χ3v) is 14.2. The molecule has 1 unspecified atom stereocenters. The molecule has 9 aromatic carbocycles. The van der Waals surface area contributed by atoms with Crippen molar-refractivity contribution in [1.82, 2.24) is 14.5 Å². The van der Waals surface area contributed by atoms with Gasteiger partial charge in [-0.2, -0.15) is 4.99 Å². The van der Waals surface area contributed by atoms with Gasteiger partial charge in [0.1, 0.15) is 11.2 Å². The van der Waals surface area contributed by atoms with Crippen LogP contribution in [0.5, 0.6) is 0 Å². The predicted molar refractivity (Wildman–Crippen MR) is 260 cm³/mol. The zero-order valence-corrected chi connectivity index (χ0v) is 34.3. The van der Waals surface area contributed by atoms with Crippen molar-refractivity contribution < 1.29 is 4.42 Å². The molecule has 298 valence electrons. The summed E-state index contributed by atoms with van der Waals surface area (Å²) in [4.78, 5) is 11.1. The van der Waals surface area contributed by atoms with Crippen LogP contribution in [0.15, 0.2) is 215 Å². The lowest BCUT2D eigenvalue weighted by Gasteiger charge is -2.30. The van der Waals surface area contributed by atoms with Gasteiger partial charge in [-0.05, 0) is 80.9 Å². The lowest BCUT2D eigenvalue weighted by Crippen LogP contribution is -2.38. The Balaban J connectivity index is 1.04. The molecule has 12 aromatic rings. The first kappa shape index (κ1) is 34.1. The number of para-hydroxylation sites is 5. The SMILES string of the molecule is c1ccc2c(c1)-c1ccccc1C21c2ccccc2-c2cc3c4ccccc4n(C4=NC(n5c6ccccc6c6ccccc65)=NC(c5cccc6c5oc5ccccc56)N4)c3cc21. The molecule has 3 aliphatic rings. The first-order valence-corrected chi connectivity index (χ1v) is 21.9. The number of fused-ring (bicyclic) bond motifs is 19. The average Bonchev–Trinajstić information content (AvgIpc) is 4.14. The molecule has 6 heteroatoms. The summed E-state index contributed by atoms with van der Waals surface area (Å²) in [6.07, 6.45) is -0.540. The van der Waals surface area contributed by atoms with Crippen LogP contribution < -0.4 is 5.32 Å². The summed E-state index contributed by atoms with van der Waals surface area (Å²) in [6, 6.07) is 72.4. The minimum atomic E-state index is -0.540. The molecule has 0 fully saturated rings. The Morgan fingerprint density at radius 3 is 1.59 bits per heavy atom. The normalized spacial score (nSPS) is 15.8. The lowest BCUT2D eigenvalue weighted by molar-refractivity contribution is 0.621. The molecule has 6 nitrogen and oxygen atoms in total. The van der Waals surface area contributed by atoms with Gasteiger partial charge < -0.3 is 9.73 Å². The summed E-state index contributed by atoms with van der Waals surface area (Å²) in [5, 5.41) is 10.7. The molecule has 0 saturated heterocycles. The second kappa shape index (κ2) is 12.3. The van der Waals surface area contributed by atoms with Gasteiger partial charge in [-0.15, -0.1) is 0 Å². The summed E-state index contributed by atoms with van der Waals surface area (Å²) in [5.41, 5.74) is 16.7. The van der Waals surface area contributed by atoms with Crippen molar-refractivity contribution in [2.24, 2.45) is 9.98 Å². The van der Waals surface area contributed by atoms with E-state index in [0.717, 1.165) is 65.7 Å². The van der Waals surface area contributed by atoms with E-state index in [0.29, 0.717) is 11.9 Å². The highest BCUT2D eigenvalue weighted by Crippen LogP contribution is 2.63. The van der Waals surface area contributed by atoms with E-state index in [2.05, 4.69) is 203 Å². The van der Waals surface area contributed by atoms with Crippen LogP contribution in [0.4, 0.5) is 0 Å². The maximum Gasteiger partial charge on any atom is 0.235 e. The number of benzene rings is 9. The van der Waals surface area contributed by atoms with E-state index >= 15 is 0 Å². The molecular weight excluding hydrogens is 783 g/mol. The maximum absolute atomic E-state index is 6.70. The molecule has 4 heterocycles. The van der Waals surface area contributed by atoms with E-state index in [-0.39, 0.29) is 0 Å². The highest BCUT2D eigenvalue weighted by molar-refractivity contribution is 6.20. The summed E-state index contributed by atoms with van der Waals surface area (Å²) in [5.74, 6) is 1.28. The van der Waals surface area contributed by atoms with Crippen molar-refractivity contribution in [3.63, 3.8) is 0 Å². The topological polar surface area (TPSA) is 59.8 Å². The lowest BCUT2D eigenvalue weighted by atomic mass is 9.70. The van der Waals surface area contributed by atoms with Gasteiger partial charge in [0.25, 0.3) is 0 Å². The first-order valence-electron chi connectivity index (χ1n) is 21.9. The minimum absolute atomic E-state index is 0.495. The number of aromatic nitrogens is 2. The van der Waals surface area contributed by atoms with Crippen LogP contribution in [0, 0.1) is 0 Å². The Labute approximate surface area is 366 Å². The quantitative estimate of drug-likeness (QED) is 0.179. The summed E-state index contributed by atoms with van der Waals surface area (Å²) < 4.78 is 11.3. The molecule has 1 spiro atoms. The number of nitrogens with zero attached hydrogens (tertiary/aromatic N) is 4. The molecule has 1 aliphatic heterocycles. The fourth-order valence-electron chi connectivity index (χ4n) is 11.7. The van der Waals surface area contributed by atoms with E-state index in [4.69, 9.17) is 14.4 Å². The van der Waals surface area contributed by atoms with E-state index in [1.54, 1.807) is 0 Å². The van der Waals surface area contributed by atoms with Gasteiger partial charge in [0.05, 0.1) is 27.5 Å². The second-order valence-corrected chi connectivity index (χ2v) is 17.3. The molecule has 0 saturated carbocycles. The number of hydrogen-bond acceptors (Lipinski definition) is 4. The second-order valence-electron chi connectivity index (χ2n) is 17.3. The number of nitrogens with one attached hydrogen (secondary N) is 1. The molecular formula is C58H35N5O. The van der Waals surface area contributed by atoms with Crippen LogP contribution in [0.3, 0.4) is 0 Å². The van der Waals surface area contributed by atoms with Gasteiger partial charge in [-0.3, -0.25) is 9.13 Å². The Kier molecular flexibility index (Phi) is 6.58. The van der Waals surface area contributed by atoms with Crippen LogP contribution in [0.1, 0.15) is 34.0 Å². The molecule has 0 bridgehead atoms. The number of aliphatic imine (C=N–C) groups is 2. The third-order valence-electron chi connectivity index (χ3n) is 14.2. The van der Waals surface area contributed by atoms with Crippen LogP contribution >= 0.6 is 0 Å². The minimum Gasteiger partial charge on any atom is -0.456 e. The monoisotopic (exact) mass is 817 g/mol. The van der Waals surface area contributed by atoms with E-state index in [1.165, 1.54) is 49.9 Å². The summed E-state index contributed by atoms with van der Waals surface area (Å²) >= 11 is 0. The summed E-state index contributed by atoms with van der Waals surface area (Å²) in [7, 11) is 0. The van der Waals surface area contributed by atoms with Crippen molar-refractivity contribution >= 4 is 77.5 Å². The number of furan rings is 1. The van der Waals surface area contributed by atoms with Gasteiger partial charge in [0, 0.05) is 37.9 Å². The van der Waals surface area contributed by atoms with Gasteiger partial charge in [0.2, 0.25) is 11.9 Å². The van der Waals surface area contributed by atoms with Crippen LogP contribution in [0.2, 0.25) is 0 Å². The molecule has 64 heavy (non-hydrogen) atoms. The first-order chi connectivity index (χ1) is 31.8. The number of rotatable bonds is 1. The van der Waals surface area contributed by atoms with Crippen LogP contribution in [0.25, 0.3) is 87.8 Å². The molecule has 0 amide bonds. The van der Waals surface area contributed by atoms with Crippen molar-refractivity contribution in [3.8, 4) is 22.3 Å². The smallest absolute Gasteiger partial charge is 0.235 e. The van der Waals surface area contributed by atoms with Gasteiger partial charge in [-0.1, -0.05) is 164 Å². The molecule has 1 N–H and O–H groups in total. The maximum atomic E-state index is 6.70. The molecule has 0 radical (unpaired) electrons. The van der Waals surface area contributed by atoms with Gasteiger partial charge in [0.15, 0.2) is 6.17 Å². The highest BCUT2D eigenvalue weighted by Gasteiger charge is 2.51. The van der Waals surface area contributed by atoms with E-state index < -0.39 is 11.6 Å². The predicted octanol–water partition coefficient (Wildman–Crippen LogP) is 13.6. The highest BCUT2D eigenvalue weighted by atomic mass is 16.3. The fraction of sp³-hybridized carbons (Fsp3) is 0.0345.